The summed E-state index contributed by atoms with van der Waals surface area (Å²) in [7, 11) is 0. The lowest BCUT2D eigenvalue weighted by Crippen LogP contribution is -2.42. The van der Waals surface area contributed by atoms with Crippen molar-refractivity contribution in [2.45, 2.75) is 26.3 Å². The van der Waals surface area contributed by atoms with Gasteiger partial charge in [0.1, 0.15) is 11.5 Å². The number of phenolic OH excluding ortho intramolecular Hbond substituents is 1. The highest BCUT2D eigenvalue weighted by Crippen LogP contribution is 2.41. The molecule has 2 saturated heterocycles. The first kappa shape index (κ1) is 26.5. The average Bonchev–Trinajstić information content (AvgIpc) is 3.17. The molecule has 1 amide bonds. The number of likely N-dealkylation sites (tertiary alicyclic amines) is 1. The number of nitrogens with zero attached hydrogens (tertiary/aromatic N) is 2. The van der Waals surface area contributed by atoms with Crippen LogP contribution in [0.25, 0.3) is 5.76 Å². The molecule has 4 rings (SSSR count). The minimum Gasteiger partial charge on any atom is -0.507 e. The molecule has 2 N–H and O–H groups in total. The minimum absolute atomic E-state index is 0.00217. The monoisotopic (exact) mass is 510 g/mol. The Kier molecular flexibility index (Phi) is 8.68. The molecule has 37 heavy (non-hydrogen) atoms. The van der Waals surface area contributed by atoms with Crippen molar-refractivity contribution < 1.29 is 34.0 Å². The number of hydrogen-bond donors (Lipinski definition) is 2. The first-order valence-electron chi connectivity index (χ1n) is 12.7. The van der Waals surface area contributed by atoms with Gasteiger partial charge >= 0.3 is 0 Å². The summed E-state index contributed by atoms with van der Waals surface area (Å²) >= 11 is 0. The van der Waals surface area contributed by atoms with E-state index in [1.54, 1.807) is 43.3 Å². The Bertz CT molecular complexity index is 1140. The number of aromatic hydroxyl groups is 1. The molecule has 9 nitrogen and oxygen atoms in total. The van der Waals surface area contributed by atoms with Gasteiger partial charge < -0.3 is 29.3 Å². The van der Waals surface area contributed by atoms with E-state index in [0.29, 0.717) is 56.4 Å². The van der Waals surface area contributed by atoms with Gasteiger partial charge in [-0.2, -0.15) is 0 Å². The SMILES string of the molecule is CCCOc1ccc(/C(O)=C2\C(=O)C(=O)N(CCN3CCOCC3)C2c2ccc(O)c(OCC)c2)cc1. The molecule has 198 valence electrons. The molecule has 1 atom stereocenters. The predicted octanol–water partition coefficient (Wildman–Crippen LogP) is 3.33. The van der Waals surface area contributed by atoms with E-state index < -0.39 is 17.7 Å². The lowest BCUT2D eigenvalue weighted by molar-refractivity contribution is -0.140. The number of Topliss-reactive ketones (excluding diaryl/α,β-unsaturated/α-hetero) is 1. The molecular weight excluding hydrogens is 476 g/mol. The van der Waals surface area contributed by atoms with Gasteiger partial charge in [-0.15, -0.1) is 0 Å². The van der Waals surface area contributed by atoms with Crippen molar-refractivity contribution in [3.05, 3.63) is 59.2 Å². The number of ketones is 1. The Hall–Kier alpha value is -3.56. The van der Waals surface area contributed by atoms with Gasteiger partial charge in [-0.05, 0) is 55.3 Å². The van der Waals surface area contributed by atoms with Crippen molar-refractivity contribution in [3.8, 4) is 17.2 Å². The molecule has 2 aromatic carbocycles. The minimum atomic E-state index is -0.836. The first-order valence-corrected chi connectivity index (χ1v) is 12.7. The number of hydrogen-bond acceptors (Lipinski definition) is 8. The number of aliphatic hydroxyl groups is 1. The van der Waals surface area contributed by atoms with Crippen molar-refractivity contribution >= 4 is 17.4 Å². The van der Waals surface area contributed by atoms with Crippen LogP contribution in [-0.4, -0.2) is 84.3 Å². The first-order chi connectivity index (χ1) is 17.9. The molecule has 0 aliphatic carbocycles. The summed E-state index contributed by atoms with van der Waals surface area (Å²) in [5.41, 5.74) is 0.970. The Morgan fingerprint density at radius 1 is 1.03 bits per heavy atom. The maximum atomic E-state index is 13.3. The zero-order chi connectivity index (χ0) is 26.4. The molecule has 2 aromatic rings. The highest BCUT2D eigenvalue weighted by molar-refractivity contribution is 6.46. The number of aliphatic hydroxyl groups excluding tert-OH is 1. The molecule has 2 aliphatic rings. The number of benzene rings is 2. The van der Waals surface area contributed by atoms with Crippen molar-refractivity contribution in [2.75, 3.05) is 52.6 Å². The van der Waals surface area contributed by atoms with Crippen molar-refractivity contribution in [1.82, 2.24) is 9.80 Å². The zero-order valence-electron chi connectivity index (χ0n) is 21.3. The molecule has 0 spiro atoms. The van der Waals surface area contributed by atoms with Crippen LogP contribution < -0.4 is 9.47 Å². The molecule has 0 bridgehead atoms. The number of amides is 1. The summed E-state index contributed by atoms with van der Waals surface area (Å²) in [5, 5.41) is 21.5. The number of carbonyl (C=O) groups is 2. The molecular formula is C28H34N2O7. The number of carbonyl (C=O) groups excluding carboxylic acids is 2. The van der Waals surface area contributed by atoms with Gasteiger partial charge in [-0.3, -0.25) is 14.5 Å². The van der Waals surface area contributed by atoms with Crippen LogP contribution in [0.3, 0.4) is 0 Å². The Balaban J connectivity index is 1.73. The van der Waals surface area contributed by atoms with Gasteiger partial charge in [0.25, 0.3) is 11.7 Å². The Labute approximate surface area is 216 Å². The second kappa shape index (κ2) is 12.1. The molecule has 0 aromatic heterocycles. The summed E-state index contributed by atoms with van der Waals surface area (Å²) in [6.07, 6.45) is 0.867. The van der Waals surface area contributed by atoms with Crippen LogP contribution in [0.15, 0.2) is 48.0 Å². The summed E-state index contributed by atoms with van der Waals surface area (Å²) in [5.74, 6) is -0.823. The number of morpholine rings is 1. The quantitative estimate of drug-likeness (QED) is 0.285. The third kappa shape index (κ3) is 5.89. The van der Waals surface area contributed by atoms with Crippen LogP contribution in [0.4, 0.5) is 0 Å². The van der Waals surface area contributed by atoms with Gasteiger partial charge in [0.05, 0.1) is 38.0 Å². The fraction of sp³-hybridized carbons (Fsp3) is 0.429. The highest BCUT2D eigenvalue weighted by atomic mass is 16.5. The lowest BCUT2D eigenvalue weighted by atomic mass is 9.95. The van der Waals surface area contributed by atoms with E-state index in [1.165, 1.54) is 11.0 Å². The summed E-state index contributed by atoms with van der Waals surface area (Å²) < 4.78 is 16.6. The fourth-order valence-electron chi connectivity index (χ4n) is 4.59. The summed E-state index contributed by atoms with van der Waals surface area (Å²) in [6, 6.07) is 10.7. The van der Waals surface area contributed by atoms with Crippen LogP contribution >= 0.6 is 0 Å². The van der Waals surface area contributed by atoms with Crippen molar-refractivity contribution in [3.63, 3.8) is 0 Å². The maximum absolute atomic E-state index is 13.3. The summed E-state index contributed by atoms with van der Waals surface area (Å²) in [4.78, 5) is 30.2. The molecule has 2 fully saturated rings. The maximum Gasteiger partial charge on any atom is 0.295 e. The van der Waals surface area contributed by atoms with Crippen LogP contribution in [-0.2, 0) is 14.3 Å². The van der Waals surface area contributed by atoms with Gasteiger partial charge in [-0.1, -0.05) is 13.0 Å². The third-order valence-electron chi connectivity index (χ3n) is 6.50. The van der Waals surface area contributed by atoms with Crippen molar-refractivity contribution in [1.29, 1.82) is 0 Å². The average molecular weight is 511 g/mol. The van der Waals surface area contributed by atoms with Crippen molar-refractivity contribution in [2.24, 2.45) is 0 Å². The van der Waals surface area contributed by atoms with E-state index in [-0.39, 0.29) is 22.8 Å². The molecule has 2 aliphatic heterocycles. The Morgan fingerprint density at radius 3 is 2.43 bits per heavy atom. The van der Waals surface area contributed by atoms with Crippen LogP contribution in [0.2, 0.25) is 0 Å². The normalized spacial score (nSPS) is 19.8. The smallest absolute Gasteiger partial charge is 0.295 e. The molecule has 0 saturated carbocycles. The van der Waals surface area contributed by atoms with E-state index in [9.17, 15) is 19.8 Å². The van der Waals surface area contributed by atoms with Crippen LogP contribution in [0.1, 0.15) is 37.4 Å². The zero-order valence-corrected chi connectivity index (χ0v) is 21.3. The Morgan fingerprint density at radius 2 is 1.76 bits per heavy atom. The second-order valence-electron chi connectivity index (χ2n) is 8.98. The lowest BCUT2D eigenvalue weighted by Gasteiger charge is -2.31. The van der Waals surface area contributed by atoms with Gasteiger partial charge in [-0.25, -0.2) is 0 Å². The largest absolute Gasteiger partial charge is 0.507 e. The second-order valence-corrected chi connectivity index (χ2v) is 8.98. The van der Waals surface area contributed by atoms with E-state index in [2.05, 4.69) is 4.90 Å². The van der Waals surface area contributed by atoms with E-state index >= 15 is 0 Å². The molecule has 1 unspecified atom stereocenters. The molecule has 9 heteroatoms. The topological polar surface area (TPSA) is 109 Å². The van der Waals surface area contributed by atoms with Gasteiger partial charge in [0.2, 0.25) is 0 Å². The molecule has 2 heterocycles. The van der Waals surface area contributed by atoms with E-state index in [0.717, 1.165) is 19.5 Å². The van der Waals surface area contributed by atoms with Crippen LogP contribution in [0.5, 0.6) is 17.2 Å². The number of ether oxygens (including phenoxy) is 3. The van der Waals surface area contributed by atoms with E-state index in [1.807, 2.05) is 6.92 Å². The van der Waals surface area contributed by atoms with E-state index in [4.69, 9.17) is 14.2 Å². The third-order valence-corrected chi connectivity index (χ3v) is 6.50. The number of phenols is 1. The molecule has 0 radical (unpaired) electrons. The highest BCUT2D eigenvalue weighted by Gasteiger charge is 2.46. The predicted molar refractivity (Wildman–Crippen MR) is 138 cm³/mol. The number of rotatable bonds is 10. The fourth-order valence-corrected chi connectivity index (χ4v) is 4.59. The van der Waals surface area contributed by atoms with Gasteiger partial charge in [0, 0.05) is 31.7 Å². The van der Waals surface area contributed by atoms with Crippen LogP contribution in [0, 0.1) is 0 Å². The standard InChI is InChI=1S/C28H34N2O7/c1-3-15-37-21-8-5-19(6-9-21)26(32)24-25(20-7-10-22(31)23(18-20)36-4-2)30(28(34)27(24)33)12-11-29-13-16-35-17-14-29/h5-10,18,25,31-32H,3-4,11-17H2,1-2H3/b26-24+. The summed E-state index contributed by atoms with van der Waals surface area (Å²) in [6.45, 7) is 8.30. The van der Waals surface area contributed by atoms with Gasteiger partial charge in [0.15, 0.2) is 11.5 Å².